The quantitative estimate of drug-likeness (QED) is 0.367. The van der Waals surface area contributed by atoms with Crippen molar-refractivity contribution in [1.82, 2.24) is 4.98 Å². The van der Waals surface area contributed by atoms with E-state index in [4.69, 9.17) is 11.6 Å². The molecule has 0 aliphatic carbocycles. The first-order valence-electron chi connectivity index (χ1n) is 7.89. The van der Waals surface area contributed by atoms with Crippen molar-refractivity contribution in [2.75, 3.05) is 5.75 Å². The number of hydrogen-bond donors (Lipinski definition) is 0. The minimum atomic E-state index is 0.132. The molecule has 0 unspecified atom stereocenters. The standard InChI is InChI=1S/C19H18ClNOS2/c1-3-12(2)13-4-6-14(7-5-13)17(22)11-23-19-21-16-10-15(20)8-9-18(16)24-19/h4-10,12H,3,11H2,1-2H3/t12-/m0/s1. The maximum Gasteiger partial charge on any atom is 0.173 e. The van der Waals surface area contributed by atoms with Crippen molar-refractivity contribution in [1.29, 1.82) is 0 Å². The van der Waals surface area contributed by atoms with E-state index < -0.39 is 0 Å². The number of hydrogen-bond acceptors (Lipinski definition) is 4. The molecule has 2 aromatic carbocycles. The van der Waals surface area contributed by atoms with Crippen LogP contribution in [0.15, 0.2) is 46.8 Å². The van der Waals surface area contributed by atoms with E-state index in [0.717, 1.165) is 26.5 Å². The molecule has 0 aliphatic heterocycles. The van der Waals surface area contributed by atoms with Crippen molar-refractivity contribution in [3.8, 4) is 0 Å². The van der Waals surface area contributed by atoms with Crippen LogP contribution in [0.4, 0.5) is 0 Å². The molecule has 0 amide bonds. The zero-order chi connectivity index (χ0) is 17.1. The van der Waals surface area contributed by atoms with Crippen molar-refractivity contribution in [2.24, 2.45) is 0 Å². The predicted octanol–water partition coefficient (Wildman–Crippen LogP) is 6.44. The van der Waals surface area contributed by atoms with Crippen LogP contribution in [0.1, 0.15) is 42.1 Å². The molecule has 2 nitrogen and oxygen atoms in total. The lowest BCUT2D eigenvalue weighted by molar-refractivity contribution is 0.102. The normalized spacial score (nSPS) is 12.5. The summed E-state index contributed by atoms with van der Waals surface area (Å²) < 4.78 is 1.99. The lowest BCUT2D eigenvalue weighted by Crippen LogP contribution is -2.02. The highest BCUT2D eigenvalue weighted by atomic mass is 35.5. The number of carbonyl (C=O) groups is 1. The minimum absolute atomic E-state index is 0.132. The molecule has 0 N–H and O–H groups in total. The van der Waals surface area contributed by atoms with E-state index in [9.17, 15) is 4.79 Å². The van der Waals surface area contributed by atoms with Gasteiger partial charge in [0.05, 0.1) is 16.0 Å². The molecule has 0 saturated heterocycles. The zero-order valence-corrected chi connectivity index (χ0v) is 16.0. The summed E-state index contributed by atoms with van der Waals surface area (Å²) in [6.45, 7) is 4.37. The zero-order valence-electron chi connectivity index (χ0n) is 13.6. The molecule has 0 radical (unpaired) electrons. The van der Waals surface area contributed by atoms with E-state index in [-0.39, 0.29) is 5.78 Å². The number of Topliss-reactive ketones (excluding diaryl/α,β-unsaturated/α-hetero) is 1. The van der Waals surface area contributed by atoms with Gasteiger partial charge >= 0.3 is 0 Å². The molecule has 24 heavy (non-hydrogen) atoms. The summed E-state index contributed by atoms with van der Waals surface area (Å²) in [6, 6.07) is 13.7. The molecule has 0 aliphatic rings. The second-order valence-corrected chi connectivity index (χ2v) is 8.42. The van der Waals surface area contributed by atoms with Gasteiger partial charge in [0.15, 0.2) is 10.1 Å². The highest BCUT2D eigenvalue weighted by Crippen LogP contribution is 2.31. The monoisotopic (exact) mass is 375 g/mol. The van der Waals surface area contributed by atoms with Gasteiger partial charge in [-0.25, -0.2) is 4.98 Å². The van der Waals surface area contributed by atoms with Gasteiger partial charge in [-0.15, -0.1) is 11.3 Å². The van der Waals surface area contributed by atoms with Gasteiger partial charge in [-0.2, -0.15) is 0 Å². The van der Waals surface area contributed by atoms with E-state index in [0.29, 0.717) is 16.7 Å². The van der Waals surface area contributed by atoms with Crippen molar-refractivity contribution in [3.63, 3.8) is 0 Å². The van der Waals surface area contributed by atoms with Crippen LogP contribution in [0, 0.1) is 0 Å². The molecule has 1 heterocycles. The van der Waals surface area contributed by atoms with E-state index in [1.165, 1.54) is 17.3 Å². The van der Waals surface area contributed by atoms with Gasteiger partial charge in [0.25, 0.3) is 0 Å². The van der Waals surface area contributed by atoms with Crippen LogP contribution in [-0.2, 0) is 0 Å². The van der Waals surface area contributed by atoms with Gasteiger partial charge in [0, 0.05) is 10.6 Å². The number of nitrogens with zero attached hydrogens (tertiary/aromatic N) is 1. The number of thioether (sulfide) groups is 1. The lowest BCUT2D eigenvalue weighted by Gasteiger charge is -2.09. The average Bonchev–Trinajstić information content (AvgIpc) is 3.01. The Morgan fingerprint density at radius 3 is 2.71 bits per heavy atom. The number of benzene rings is 2. The maximum atomic E-state index is 12.4. The highest BCUT2D eigenvalue weighted by Gasteiger charge is 2.11. The van der Waals surface area contributed by atoms with Crippen LogP contribution in [-0.4, -0.2) is 16.5 Å². The molecular formula is C19H18ClNOS2. The van der Waals surface area contributed by atoms with Gasteiger partial charge < -0.3 is 0 Å². The number of thiazole rings is 1. The summed E-state index contributed by atoms with van der Waals surface area (Å²) in [4.78, 5) is 16.9. The van der Waals surface area contributed by atoms with E-state index in [1.54, 1.807) is 11.3 Å². The number of rotatable bonds is 6. The summed E-state index contributed by atoms with van der Waals surface area (Å²) in [5.74, 6) is 1.06. The van der Waals surface area contributed by atoms with Gasteiger partial charge in [-0.05, 0) is 36.1 Å². The lowest BCUT2D eigenvalue weighted by atomic mass is 9.97. The first kappa shape index (κ1) is 17.5. The van der Waals surface area contributed by atoms with E-state index in [1.807, 2.05) is 30.3 Å². The fourth-order valence-electron chi connectivity index (χ4n) is 2.39. The van der Waals surface area contributed by atoms with Crippen molar-refractivity contribution in [2.45, 2.75) is 30.5 Å². The Morgan fingerprint density at radius 1 is 1.25 bits per heavy atom. The number of carbonyl (C=O) groups excluding carboxylic acids is 1. The van der Waals surface area contributed by atoms with Crippen molar-refractivity contribution < 1.29 is 4.79 Å². The van der Waals surface area contributed by atoms with E-state index >= 15 is 0 Å². The summed E-state index contributed by atoms with van der Waals surface area (Å²) in [5.41, 5.74) is 2.93. The fourth-order valence-corrected chi connectivity index (χ4v) is 4.49. The van der Waals surface area contributed by atoms with Gasteiger partial charge in [-0.3, -0.25) is 4.79 Å². The van der Waals surface area contributed by atoms with Crippen LogP contribution in [0.2, 0.25) is 5.02 Å². The Kier molecular flexibility index (Phi) is 5.59. The van der Waals surface area contributed by atoms with Gasteiger partial charge in [-0.1, -0.05) is 61.5 Å². The smallest absolute Gasteiger partial charge is 0.173 e. The van der Waals surface area contributed by atoms with Crippen molar-refractivity contribution >= 4 is 50.7 Å². The van der Waals surface area contributed by atoms with Gasteiger partial charge in [0.2, 0.25) is 0 Å². The first-order chi connectivity index (χ1) is 11.6. The second-order valence-electron chi connectivity index (χ2n) is 5.73. The number of fused-ring (bicyclic) bond motifs is 1. The Hall–Kier alpha value is -1.36. The topological polar surface area (TPSA) is 30.0 Å². The Morgan fingerprint density at radius 2 is 2.00 bits per heavy atom. The molecule has 3 rings (SSSR count). The maximum absolute atomic E-state index is 12.4. The highest BCUT2D eigenvalue weighted by molar-refractivity contribution is 8.01. The first-order valence-corrected chi connectivity index (χ1v) is 10.1. The third-order valence-electron chi connectivity index (χ3n) is 4.07. The Balaban J connectivity index is 1.65. The third kappa shape index (κ3) is 4.00. The van der Waals surface area contributed by atoms with E-state index in [2.05, 4.69) is 31.0 Å². The molecule has 0 fully saturated rings. The largest absolute Gasteiger partial charge is 0.293 e. The number of aromatic nitrogens is 1. The van der Waals surface area contributed by atoms with Gasteiger partial charge in [0.1, 0.15) is 0 Å². The van der Waals surface area contributed by atoms with Crippen LogP contribution in [0.25, 0.3) is 10.2 Å². The summed E-state index contributed by atoms with van der Waals surface area (Å²) >= 11 is 9.06. The summed E-state index contributed by atoms with van der Waals surface area (Å²) in [5, 5.41) is 0.682. The minimum Gasteiger partial charge on any atom is -0.293 e. The molecule has 3 aromatic rings. The average molecular weight is 376 g/mol. The third-order valence-corrected chi connectivity index (χ3v) is 6.49. The van der Waals surface area contributed by atoms with Crippen LogP contribution in [0.5, 0.6) is 0 Å². The molecule has 1 aromatic heterocycles. The SMILES string of the molecule is CC[C@H](C)c1ccc(C(=O)CSc2nc3cc(Cl)ccc3s2)cc1. The Labute approximate surface area is 155 Å². The van der Waals surface area contributed by atoms with Crippen LogP contribution >= 0.6 is 34.7 Å². The van der Waals surface area contributed by atoms with Crippen LogP contribution in [0.3, 0.4) is 0 Å². The number of ketones is 1. The Bertz CT molecular complexity index is 857. The molecule has 0 saturated carbocycles. The summed E-state index contributed by atoms with van der Waals surface area (Å²) in [7, 11) is 0. The van der Waals surface area contributed by atoms with Crippen LogP contribution < -0.4 is 0 Å². The molecule has 124 valence electrons. The second kappa shape index (κ2) is 7.68. The molecule has 1 atom stereocenters. The fraction of sp³-hybridized carbons (Fsp3) is 0.263. The molecule has 5 heteroatoms. The number of halogens is 1. The summed E-state index contributed by atoms with van der Waals surface area (Å²) in [6.07, 6.45) is 1.10. The predicted molar refractivity (Wildman–Crippen MR) is 105 cm³/mol. The molecular weight excluding hydrogens is 358 g/mol. The van der Waals surface area contributed by atoms with Crippen molar-refractivity contribution in [3.05, 3.63) is 58.6 Å². The molecule has 0 spiro atoms. The molecule has 0 bridgehead atoms.